The molecule has 60 valence electrons. The Hall–Kier alpha value is -0.330. The topological polar surface area (TPSA) is 12.4 Å². The van der Waals surface area contributed by atoms with Gasteiger partial charge in [0.25, 0.3) is 0 Å². The van der Waals surface area contributed by atoms with Gasteiger partial charge < -0.3 is 0 Å². The summed E-state index contributed by atoms with van der Waals surface area (Å²) in [7, 11) is 1.87. The van der Waals surface area contributed by atoms with Crippen LogP contribution in [0.3, 0.4) is 0 Å². The molecule has 0 amide bonds. The summed E-state index contributed by atoms with van der Waals surface area (Å²) in [5.74, 6) is 1.42. The first kappa shape index (κ1) is 9.67. The fourth-order valence-electron chi connectivity index (χ4n) is 0.969. The molecule has 10 heavy (non-hydrogen) atoms. The molecule has 0 N–H and O–H groups in total. The highest BCUT2D eigenvalue weighted by Crippen LogP contribution is 2.15. The van der Waals surface area contributed by atoms with Gasteiger partial charge in [0.05, 0.1) is 0 Å². The van der Waals surface area contributed by atoms with E-state index in [1.54, 1.807) is 0 Å². The molecule has 0 aromatic carbocycles. The molecule has 0 radical (unpaired) electrons. The third-order valence-corrected chi connectivity index (χ3v) is 2.51. The molecule has 1 nitrogen and oxygen atoms in total. The molecule has 0 aromatic heterocycles. The predicted molar refractivity (Wildman–Crippen MR) is 47.7 cm³/mol. The molecule has 1 heteroatoms. The molecule has 0 unspecified atom stereocenters. The van der Waals surface area contributed by atoms with Gasteiger partial charge in [0.15, 0.2) is 0 Å². The highest BCUT2D eigenvalue weighted by atomic mass is 14.7. The lowest BCUT2D eigenvalue weighted by Gasteiger charge is -2.17. The third kappa shape index (κ3) is 2.51. The van der Waals surface area contributed by atoms with Crippen molar-refractivity contribution in [3.63, 3.8) is 0 Å². The van der Waals surface area contributed by atoms with E-state index in [4.69, 9.17) is 0 Å². The maximum Gasteiger partial charge on any atom is 0.0276 e. The van der Waals surface area contributed by atoms with Crippen LogP contribution in [0.1, 0.15) is 34.1 Å². The zero-order valence-electron chi connectivity index (χ0n) is 7.81. The summed E-state index contributed by atoms with van der Waals surface area (Å²) < 4.78 is 0. The van der Waals surface area contributed by atoms with Gasteiger partial charge in [-0.2, -0.15) is 0 Å². The minimum absolute atomic E-state index is 0.648. The number of rotatable bonds is 3. The number of hydrogen-bond donors (Lipinski definition) is 0. The summed E-state index contributed by atoms with van der Waals surface area (Å²) in [6, 6.07) is 0. The van der Waals surface area contributed by atoms with E-state index in [1.807, 2.05) is 7.05 Å². The summed E-state index contributed by atoms with van der Waals surface area (Å²) in [4.78, 5) is 4.17. The summed E-state index contributed by atoms with van der Waals surface area (Å²) >= 11 is 0. The van der Waals surface area contributed by atoms with Crippen LogP contribution >= 0.6 is 0 Å². The molecule has 2 atom stereocenters. The second-order valence-corrected chi connectivity index (χ2v) is 3.04. The normalized spacial score (nSPS) is 18.7. The van der Waals surface area contributed by atoms with E-state index in [9.17, 15) is 0 Å². The lowest BCUT2D eigenvalue weighted by molar-refractivity contribution is 0.467. The Morgan fingerprint density at radius 3 is 2.20 bits per heavy atom. The first-order valence-electron chi connectivity index (χ1n) is 4.06. The van der Waals surface area contributed by atoms with Crippen LogP contribution in [0.2, 0.25) is 0 Å². The standard InChI is InChI=1S/C9H19N/c1-6-7(2)8(3)9(4)10-5/h7-8H,6H2,1-5H3/t7-,8+/m1/s1. The molecule has 0 rings (SSSR count). The van der Waals surface area contributed by atoms with Crippen molar-refractivity contribution in [2.75, 3.05) is 7.05 Å². The quantitative estimate of drug-likeness (QED) is 0.536. The van der Waals surface area contributed by atoms with Crippen molar-refractivity contribution in [3.05, 3.63) is 0 Å². The summed E-state index contributed by atoms with van der Waals surface area (Å²) in [6.07, 6.45) is 1.24. The van der Waals surface area contributed by atoms with Crippen LogP contribution in [-0.4, -0.2) is 12.8 Å². The van der Waals surface area contributed by atoms with E-state index in [-0.39, 0.29) is 0 Å². The minimum atomic E-state index is 0.648. The maximum absolute atomic E-state index is 4.17. The van der Waals surface area contributed by atoms with Crippen molar-refractivity contribution in [3.8, 4) is 0 Å². The summed E-state index contributed by atoms with van der Waals surface area (Å²) in [5.41, 5.74) is 1.27. The molecule has 0 aromatic rings. The van der Waals surface area contributed by atoms with Crippen LogP contribution in [0.5, 0.6) is 0 Å². The number of hydrogen-bond acceptors (Lipinski definition) is 1. The zero-order valence-corrected chi connectivity index (χ0v) is 7.81. The van der Waals surface area contributed by atoms with Crippen LogP contribution in [0.4, 0.5) is 0 Å². The fourth-order valence-corrected chi connectivity index (χ4v) is 0.969. The number of nitrogens with zero attached hydrogens (tertiary/aromatic N) is 1. The molecule has 0 aliphatic carbocycles. The van der Waals surface area contributed by atoms with Crippen LogP contribution in [0.25, 0.3) is 0 Å². The van der Waals surface area contributed by atoms with Crippen LogP contribution in [0.15, 0.2) is 4.99 Å². The third-order valence-electron chi connectivity index (χ3n) is 2.51. The molecule has 0 saturated heterocycles. The van der Waals surface area contributed by atoms with Crippen molar-refractivity contribution in [1.29, 1.82) is 0 Å². The van der Waals surface area contributed by atoms with Crippen LogP contribution < -0.4 is 0 Å². The molecule has 0 fully saturated rings. The Bertz CT molecular complexity index is 116. The average Bonchev–Trinajstić information content (AvgIpc) is 2.00. The van der Waals surface area contributed by atoms with Gasteiger partial charge in [-0.1, -0.05) is 27.2 Å². The smallest absolute Gasteiger partial charge is 0.0276 e. The Kier molecular flexibility index (Phi) is 4.33. The van der Waals surface area contributed by atoms with Crippen molar-refractivity contribution in [2.45, 2.75) is 34.1 Å². The van der Waals surface area contributed by atoms with Crippen LogP contribution in [-0.2, 0) is 0 Å². The Morgan fingerprint density at radius 1 is 1.40 bits per heavy atom. The molecule has 0 aliphatic heterocycles. The van der Waals surface area contributed by atoms with Crippen molar-refractivity contribution in [2.24, 2.45) is 16.8 Å². The van der Waals surface area contributed by atoms with Gasteiger partial charge in [-0.15, -0.1) is 0 Å². The number of aliphatic imine (C=N–C) groups is 1. The predicted octanol–water partition coefficient (Wildman–Crippen LogP) is 2.76. The van der Waals surface area contributed by atoms with Gasteiger partial charge in [0, 0.05) is 12.8 Å². The van der Waals surface area contributed by atoms with Gasteiger partial charge >= 0.3 is 0 Å². The van der Waals surface area contributed by atoms with E-state index in [0.717, 1.165) is 5.92 Å². The van der Waals surface area contributed by atoms with E-state index in [1.165, 1.54) is 12.1 Å². The van der Waals surface area contributed by atoms with E-state index >= 15 is 0 Å². The second-order valence-electron chi connectivity index (χ2n) is 3.04. The van der Waals surface area contributed by atoms with Gasteiger partial charge in [0.1, 0.15) is 0 Å². The summed E-state index contributed by atoms with van der Waals surface area (Å²) in [5, 5.41) is 0. The van der Waals surface area contributed by atoms with Gasteiger partial charge in [0.2, 0.25) is 0 Å². The molecule has 0 spiro atoms. The van der Waals surface area contributed by atoms with E-state index in [2.05, 4.69) is 32.7 Å². The van der Waals surface area contributed by atoms with E-state index < -0.39 is 0 Å². The largest absolute Gasteiger partial charge is 0.297 e. The van der Waals surface area contributed by atoms with Crippen LogP contribution in [0, 0.1) is 11.8 Å². The molecule has 0 aliphatic rings. The molecule has 0 heterocycles. The van der Waals surface area contributed by atoms with Gasteiger partial charge in [-0.05, 0) is 18.8 Å². The monoisotopic (exact) mass is 141 g/mol. The second kappa shape index (κ2) is 4.48. The van der Waals surface area contributed by atoms with Crippen molar-refractivity contribution >= 4 is 5.71 Å². The lowest BCUT2D eigenvalue weighted by atomic mass is 9.90. The van der Waals surface area contributed by atoms with Crippen molar-refractivity contribution < 1.29 is 0 Å². The highest BCUT2D eigenvalue weighted by molar-refractivity contribution is 5.84. The first-order chi connectivity index (χ1) is 4.63. The average molecular weight is 141 g/mol. The lowest BCUT2D eigenvalue weighted by Crippen LogP contribution is -2.15. The SMILES string of the molecule is CC[C@@H](C)[C@H](C)C(C)=NC. The fraction of sp³-hybridized carbons (Fsp3) is 0.889. The van der Waals surface area contributed by atoms with E-state index in [0.29, 0.717) is 5.92 Å². The Balaban J connectivity index is 3.94. The maximum atomic E-state index is 4.17. The molecular formula is C9H19N. The summed E-state index contributed by atoms with van der Waals surface area (Å²) in [6.45, 7) is 8.86. The minimum Gasteiger partial charge on any atom is -0.297 e. The highest BCUT2D eigenvalue weighted by Gasteiger charge is 2.11. The Labute approximate surface area is 64.6 Å². The Morgan fingerprint density at radius 2 is 1.90 bits per heavy atom. The molecule has 0 saturated carbocycles. The first-order valence-corrected chi connectivity index (χ1v) is 4.06. The van der Waals surface area contributed by atoms with Gasteiger partial charge in [-0.3, -0.25) is 4.99 Å². The van der Waals surface area contributed by atoms with Gasteiger partial charge in [-0.25, -0.2) is 0 Å². The zero-order chi connectivity index (χ0) is 8.15. The molecular weight excluding hydrogens is 122 g/mol. The van der Waals surface area contributed by atoms with Crippen molar-refractivity contribution in [1.82, 2.24) is 0 Å². The molecule has 0 bridgehead atoms.